The Bertz CT molecular complexity index is 908. The van der Waals surface area contributed by atoms with Gasteiger partial charge in [-0.2, -0.15) is 0 Å². The summed E-state index contributed by atoms with van der Waals surface area (Å²) in [5.41, 5.74) is 2.56. The van der Waals surface area contributed by atoms with Crippen LogP contribution in [0.2, 0.25) is 0 Å². The van der Waals surface area contributed by atoms with E-state index >= 15 is 0 Å². The summed E-state index contributed by atoms with van der Waals surface area (Å²) in [6.07, 6.45) is 0. The van der Waals surface area contributed by atoms with E-state index in [1.807, 2.05) is 36.4 Å². The van der Waals surface area contributed by atoms with Gasteiger partial charge in [0.2, 0.25) is 0 Å². The Balaban J connectivity index is 1.58. The fourth-order valence-corrected chi connectivity index (χ4v) is 2.78. The molecule has 3 aromatic rings. The second-order valence-corrected chi connectivity index (χ2v) is 6.43. The van der Waals surface area contributed by atoms with Crippen molar-refractivity contribution in [3.63, 3.8) is 0 Å². The quantitative estimate of drug-likeness (QED) is 0.599. The number of hydrogen-bond acceptors (Lipinski definition) is 3. The number of nitrogens with one attached hydrogen (secondary N) is 1. The molecule has 0 aromatic heterocycles. The first-order valence-corrected chi connectivity index (χ1v) is 8.80. The Morgan fingerprint density at radius 2 is 1.50 bits per heavy atom. The molecule has 0 radical (unpaired) electrons. The van der Waals surface area contributed by atoms with Gasteiger partial charge in [0.25, 0.3) is 5.91 Å². The molecule has 1 N–H and O–H groups in total. The summed E-state index contributed by atoms with van der Waals surface area (Å²) in [5.74, 6) is -0.587. The zero-order valence-electron chi connectivity index (χ0n) is 13.8. The molecule has 0 saturated carbocycles. The van der Waals surface area contributed by atoms with Gasteiger partial charge in [0.15, 0.2) is 0 Å². The second-order valence-electron chi connectivity index (χ2n) is 5.57. The van der Waals surface area contributed by atoms with Crippen molar-refractivity contribution in [3.8, 4) is 0 Å². The lowest BCUT2D eigenvalue weighted by molar-refractivity contribution is 0.0471. The number of carbonyl (C=O) groups is 2. The Kier molecular flexibility index (Phi) is 5.81. The van der Waals surface area contributed by atoms with Gasteiger partial charge < -0.3 is 10.1 Å². The lowest BCUT2D eigenvalue weighted by Gasteiger charge is -2.08. The number of amides is 1. The van der Waals surface area contributed by atoms with Crippen LogP contribution in [-0.2, 0) is 11.3 Å². The molecule has 0 heterocycles. The van der Waals surface area contributed by atoms with Crippen LogP contribution < -0.4 is 5.32 Å². The van der Waals surface area contributed by atoms with E-state index in [2.05, 4.69) is 21.2 Å². The zero-order chi connectivity index (χ0) is 18.4. The predicted octanol–water partition coefficient (Wildman–Crippen LogP) is 5.06. The molecule has 4 nitrogen and oxygen atoms in total. The van der Waals surface area contributed by atoms with E-state index in [4.69, 9.17) is 4.74 Å². The topological polar surface area (TPSA) is 55.4 Å². The third-order valence-corrected chi connectivity index (χ3v) is 4.40. The Morgan fingerprint density at radius 3 is 2.19 bits per heavy atom. The second kappa shape index (κ2) is 8.45. The normalized spacial score (nSPS) is 10.2. The third-order valence-electron chi connectivity index (χ3n) is 3.71. The molecule has 3 rings (SSSR count). The van der Waals surface area contributed by atoms with Crippen LogP contribution in [0.5, 0.6) is 0 Å². The monoisotopic (exact) mass is 409 g/mol. The fraction of sp³-hybridized carbons (Fsp3) is 0.0476. The molecule has 26 heavy (non-hydrogen) atoms. The largest absolute Gasteiger partial charge is 0.457 e. The Hall–Kier alpha value is -2.92. The van der Waals surface area contributed by atoms with Crippen LogP contribution >= 0.6 is 15.9 Å². The Labute approximate surface area is 159 Å². The first kappa shape index (κ1) is 17.9. The summed E-state index contributed by atoms with van der Waals surface area (Å²) >= 11 is 3.33. The van der Waals surface area contributed by atoms with Crippen molar-refractivity contribution < 1.29 is 14.3 Å². The van der Waals surface area contributed by atoms with Crippen molar-refractivity contribution in [3.05, 3.63) is 100 Å². The average molecular weight is 410 g/mol. The molecular weight excluding hydrogens is 394 g/mol. The molecule has 1 amide bonds. The van der Waals surface area contributed by atoms with E-state index in [0.717, 1.165) is 11.3 Å². The van der Waals surface area contributed by atoms with Gasteiger partial charge in [-0.1, -0.05) is 42.5 Å². The van der Waals surface area contributed by atoms with Gasteiger partial charge in [-0.3, -0.25) is 4.79 Å². The van der Waals surface area contributed by atoms with Crippen LogP contribution in [0.25, 0.3) is 0 Å². The summed E-state index contributed by atoms with van der Waals surface area (Å²) in [5, 5.41) is 2.83. The van der Waals surface area contributed by atoms with E-state index in [9.17, 15) is 9.59 Å². The number of benzene rings is 3. The molecule has 0 aliphatic rings. The molecule has 130 valence electrons. The van der Waals surface area contributed by atoms with Crippen LogP contribution in [-0.4, -0.2) is 11.9 Å². The van der Waals surface area contributed by atoms with E-state index in [1.165, 1.54) is 0 Å². The maximum atomic E-state index is 12.2. The highest BCUT2D eigenvalue weighted by atomic mass is 79.9. The first-order valence-electron chi connectivity index (χ1n) is 8.00. The number of para-hydroxylation sites is 1. The first-order chi connectivity index (χ1) is 12.6. The van der Waals surface area contributed by atoms with Crippen LogP contribution in [0, 0.1) is 0 Å². The van der Waals surface area contributed by atoms with Gasteiger partial charge in [-0.25, -0.2) is 4.79 Å². The van der Waals surface area contributed by atoms with Crippen molar-refractivity contribution in [2.75, 3.05) is 5.32 Å². The molecule has 0 unspecified atom stereocenters. The summed E-state index contributed by atoms with van der Waals surface area (Å²) in [6, 6.07) is 23.3. The summed E-state index contributed by atoms with van der Waals surface area (Å²) in [6.45, 7) is 0.140. The van der Waals surface area contributed by atoms with Crippen LogP contribution in [0.3, 0.4) is 0 Å². The number of hydrogen-bond donors (Lipinski definition) is 1. The van der Waals surface area contributed by atoms with Crippen molar-refractivity contribution in [2.45, 2.75) is 6.61 Å². The molecule has 0 aliphatic heterocycles. The molecule has 3 aromatic carbocycles. The lowest BCUT2D eigenvalue weighted by atomic mass is 10.1. The van der Waals surface area contributed by atoms with E-state index < -0.39 is 5.97 Å². The summed E-state index contributed by atoms with van der Waals surface area (Å²) < 4.78 is 6.01. The molecule has 0 atom stereocenters. The van der Waals surface area contributed by atoms with Gasteiger partial charge in [-0.15, -0.1) is 0 Å². The van der Waals surface area contributed by atoms with Crippen molar-refractivity contribution >= 4 is 33.5 Å². The highest BCUT2D eigenvalue weighted by Gasteiger charge is 2.11. The third kappa shape index (κ3) is 4.58. The fourth-order valence-electron chi connectivity index (χ4n) is 2.33. The van der Waals surface area contributed by atoms with Crippen LogP contribution in [0.4, 0.5) is 5.69 Å². The molecule has 0 spiro atoms. The summed E-state index contributed by atoms with van der Waals surface area (Å²) in [7, 11) is 0. The van der Waals surface area contributed by atoms with Crippen molar-refractivity contribution in [1.82, 2.24) is 0 Å². The molecule has 0 bridgehead atoms. The van der Waals surface area contributed by atoms with Crippen LogP contribution in [0.1, 0.15) is 26.3 Å². The SMILES string of the molecule is O=C(Nc1ccccc1)c1ccc(COC(=O)c2ccccc2Br)cc1. The number of anilines is 1. The minimum atomic E-state index is -0.400. The minimum Gasteiger partial charge on any atom is -0.457 e. The molecule has 0 saturated heterocycles. The summed E-state index contributed by atoms with van der Waals surface area (Å²) in [4.78, 5) is 24.3. The Morgan fingerprint density at radius 1 is 0.846 bits per heavy atom. The van der Waals surface area contributed by atoms with Gasteiger partial charge in [-0.05, 0) is 57.9 Å². The number of ether oxygens (including phenoxy) is 1. The lowest BCUT2D eigenvalue weighted by Crippen LogP contribution is -2.12. The van der Waals surface area contributed by atoms with Gasteiger partial charge in [0.05, 0.1) is 5.56 Å². The standard InChI is InChI=1S/C21H16BrNO3/c22-19-9-5-4-8-18(19)21(25)26-14-15-10-12-16(13-11-15)20(24)23-17-6-2-1-3-7-17/h1-13H,14H2,(H,23,24). The van der Waals surface area contributed by atoms with E-state index in [1.54, 1.807) is 42.5 Å². The minimum absolute atomic E-state index is 0.140. The van der Waals surface area contributed by atoms with Gasteiger partial charge in [0.1, 0.15) is 6.61 Å². The predicted molar refractivity (Wildman–Crippen MR) is 104 cm³/mol. The molecule has 5 heteroatoms. The average Bonchev–Trinajstić information content (AvgIpc) is 2.67. The molecule has 0 fully saturated rings. The number of rotatable bonds is 5. The van der Waals surface area contributed by atoms with Crippen molar-refractivity contribution in [1.29, 1.82) is 0 Å². The molecular formula is C21H16BrNO3. The highest BCUT2D eigenvalue weighted by molar-refractivity contribution is 9.10. The maximum absolute atomic E-state index is 12.2. The highest BCUT2D eigenvalue weighted by Crippen LogP contribution is 2.17. The zero-order valence-corrected chi connectivity index (χ0v) is 15.4. The van der Waals surface area contributed by atoms with E-state index in [0.29, 0.717) is 15.6 Å². The number of halogens is 1. The smallest absolute Gasteiger partial charge is 0.339 e. The van der Waals surface area contributed by atoms with Crippen LogP contribution in [0.15, 0.2) is 83.3 Å². The number of carbonyl (C=O) groups excluding carboxylic acids is 2. The maximum Gasteiger partial charge on any atom is 0.339 e. The van der Waals surface area contributed by atoms with Gasteiger partial charge >= 0.3 is 5.97 Å². The van der Waals surface area contributed by atoms with Crippen molar-refractivity contribution in [2.24, 2.45) is 0 Å². The van der Waals surface area contributed by atoms with E-state index in [-0.39, 0.29) is 12.5 Å². The molecule has 0 aliphatic carbocycles. The van der Waals surface area contributed by atoms with Gasteiger partial charge in [0, 0.05) is 15.7 Å². The number of esters is 1.